The van der Waals surface area contributed by atoms with E-state index in [-0.39, 0.29) is 0 Å². The van der Waals surface area contributed by atoms with E-state index in [1.54, 1.807) is 28.6 Å². The number of hydrogen-bond acceptors (Lipinski definition) is 0. The van der Waals surface area contributed by atoms with Crippen LogP contribution in [0.4, 0.5) is 0 Å². The molecule has 0 N–H and O–H groups in total. The molecule has 0 spiro atoms. The Kier molecular flexibility index (Phi) is 19.3. The second-order valence-corrected chi connectivity index (χ2v) is 22.8. The van der Waals surface area contributed by atoms with E-state index in [2.05, 4.69) is 6.92 Å². The van der Waals surface area contributed by atoms with Crippen molar-refractivity contribution in [2.75, 3.05) is 0 Å². The van der Waals surface area contributed by atoms with Gasteiger partial charge in [0, 0.05) is 9.04 Å². The topological polar surface area (TPSA) is 0 Å². The second-order valence-electron chi connectivity index (χ2n) is 6.30. The normalized spacial score (nSPS) is 12.5. The molecule has 0 aromatic rings. The quantitative estimate of drug-likeness (QED) is 0.302. The minimum Gasteiger partial charge on any atom is -0.0655 e. The molecule has 0 aliphatic rings. The molecule has 3 heteroatoms. The van der Waals surface area contributed by atoms with E-state index in [0.29, 0.717) is 17.6 Å². The van der Waals surface area contributed by atoms with Crippen LogP contribution in [0, 0.1) is 0 Å². The molecule has 116 valence electrons. The summed E-state index contributed by atoms with van der Waals surface area (Å²) in [6, 6.07) is 1.70. The Hall–Kier alpha value is 0.651. The van der Waals surface area contributed by atoms with Gasteiger partial charge in [-0.15, -0.1) is 0 Å². The van der Waals surface area contributed by atoms with Gasteiger partial charge in [0.15, 0.2) is 0 Å². The van der Waals surface area contributed by atoms with Gasteiger partial charge in [0.1, 0.15) is 0 Å². The Balaban J connectivity index is 2.88. The lowest BCUT2D eigenvalue weighted by Crippen LogP contribution is -2.01. The minimum absolute atomic E-state index is 0.561. The molecule has 0 amide bonds. The Labute approximate surface area is 130 Å². The lowest BCUT2D eigenvalue weighted by Gasteiger charge is -2.03. The molecule has 0 heterocycles. The third-order valence-corrected chi connectivity index (χ3v) is 15.9. The molecule has 0 atom stereocenters. The first-order valence-corrected chi connectivity index (χ1v) is 20.1. The molecule has 0 bridgehead atoms. The third kappa shape index (κ3) is 18.7. The van der Waals surface area contributed by atoms with E-state index in [1.807, 2.05) is 0 Å². The molecule has 0 saturated heterocycles. The number of hydrogen-bond donors (Lipinski definition) is 0. The molecule has 19 heavy (non-hydrogen) atoms. The summed E-state index contributed by atoms with van der Waals surface area (Å²) in [6.45, 7) is 2.30. The first-order valence-electron chi connectivity index (χ1n) is 9.41. The average Bonchev–Trinajstić information content (AvgIpc) is 2.43. The van der Waals surface area contributed by atoms with Crippen LogP contribution in [0.3, 0.4) is 0 Å². The number of unbranched alkanes of at least 4 members (excludes halogenated alkanes) is 13. The first-order chi connectivity index (χ1) is 9.41. The molecule has 0 aromatic heterocycles. The lowest BCUT2D eigenvalue weighted by atomic mass is 10.0. The van der Waals surface area contributed by atoms with Crippen LogP contribution in [-0.2, 0) is 0 Å². The van der Waals surface area contributed by atoms with E-state index >= 15 is 0 Å². The van der Waals surface area contributed by atoms with Crippen molar-refractivity contribution in [3.8, 4) is 0 Å². The fraction of sp³-hybridized carbons (Fsp3) is 1.00. The Bertz CT molecular complexity index is 135. The zero-order valence-corrected chi connectivity index (χ0v) is 18.8. The maximum absolute atomic E-state index is 2.30. The highest BCUT2D eigenvalue weighted by molar-refractivity contribution is 7.23. The summed E-state index contributed by atoms with van der Waals surface area (Å²) in [6.07, 6.45) is 21.0. The van der Waals surface area contributed by atoms with E-state index in [4.69, 9.17) is 0 Å². The summed E-state index contributed by atoms with van der Waals surface area (Å²) in [5.41, 5.74) is 0. The van der Waals surface area contributed by atoms with Gasteiger partial charge in [-0.2, -0.15) is 0 Å². The summed E-state index contributed by atoms with van der Waals surface area (Å²) < 4.78 is 0. The summed E-state index contributed by atoms with van der Waals surface area (Å²) in [5.74, 6) is 0. The fourth-order valence-electron chi connectivity index (χ4n) is 2.80. The second kappa shape index (κ2) is 18.7. The van der Waals surface area contributed by atoms with Crippen LogP contribution in [0.5, 0.6) is 0 Å². The highest BCUT2D eigenvalue weighted by Gasteiger charge is 1.94. The van der Waals surface area contributed by atoms with Crippen LogP contribution in [0.15, 0.2) is 0 Å². The summed E-state index contributed by atoms with van der Waals surface area (Å²) in [5, 5.41) is 0. The molecule has 0 aliphatic heterocycles. The standard InChI is InChI=1S/C16H40Si3/c1-2-3-4-5-6-7-8-9-10-11-12-13-14-15-16-18-19-17/h2-16,18-19H2,1,17H3. The van der Waals surface area contributed by atoms with Gasteiger partial charge < -0.3 is 0 Å². The van der Waals surface area contributed by atoms with Crippen LogP contribution < -0.4 is 0 Å². The zero-order valence-electron chi connectivity index (χ0n) is 14.0. The van der Waals surface area contributed by atoms with Gasteiger partial charge in [0.25, 0.3) is 0 Å². The van der Waals surface area contributed by atoms with E-state index < -0.39 is 0 Å². The zero-order chi connectivity index (χ0) is 14.0. The van der Waals surface area contributed by atoms with Gasteiger partial charge in [-0.25, -0.2) is 0 Å². The van der Waals surface area contributed by atoms with Crippen LogP contribution in [-0.4, -0.2) is 27.4 Å². The molecule has 0 aliphatic carbocycles. The minimum atomic E-state index is 0.561. The van der Waals surface area contributed by atoms with Crippen LogP contribution in [0.25, 0.3) is 0 Å². The predicted octanol–water partition coefficient (Wildman–Crippen LogP) is 3.42. The molecule has 0 fully saturated rings. The van der Waals surface area contributed by atoms with Gasteiger partial charge >= 0.3 is 0 Å². The van der Waals surface area contributed by atoms with Crippen LogP contribution in [0.2, 0.25) is 6.04 Å². The van der Waals surface area contributed by atoms with Crippen molar-refractivity contribution in [3.63, 3.8) is 0 Å². The van der Waals surface area contributed by atoms with Gasteiger partial charge in [-0.05, 0) is 18.3 Å². The molecule has 0 radical (unpaired) electrons. The molecule has 0 saturated carbocycles. The van der Waals surface area contributed by atoms with E-state index in [0.717, 1.165) is 0 Å². The van der Waals surface area contributed by atoms with Gasteiger partial charge in [0.2, 0.25) is 0 Å². The van der Waals surface area contributed by atoms with Crippen molar-refractivity contribution in [2.24, 2.45) is 0 Å². The smallest absolute Gasteiger partial charge is 0.00460 e. The van der Waals surface area contributed by atoms with E-state index in [9.17, 15) is 0 Å². The lowest BCUT2D eigenvalue weighted by molar-refractivity contribution is 0.538. The SMILES string of the molecule is CCCCCCCCCCCCCCCC[SiH2][SiH2][SiH3]. The molecule has 0 unspecified atom stereocenters. The fourth-order valence-corrected chi connectivity index (χ4v) is 11.1. The maximum Gasteiger partial charge on any atom is 0.00460 e. The summed E-state index contributed by atoms with van der Waals surface area (Å²) >= 11 is 0. The van der Waals surface area contributed by atoms with Crippen molar-refractivity contribution in [1.82, 2.24) is 0 Å². The van der Waals surface area contributed by atoms with Gasteiger partial charge in [-0.3, -0.25) is 0 Å². The Morgan fingerprint density at radius 1 is 0.579 bits per heavy atom. The van der Waals surface area contributed by atoms with Gasteiger partial charge in [0.05, 0.1) is 0 Å². The molecular formula is C16H40Si3. The largest absolute Gasteiger partial charge is 0.0655 e. The molecule has 0 rings (SSSR count). The van der Waals surface area contributed by atoms with Crippen molar-refractivity contribution in [3.05, 3.63) is 0 Å². The summed E-state index contributed by atoms with van der Waals surface area (Å²) in [4.78, 5) is 0. The van der Waals surface area contributed by atoms with Crippen molar-refractivity contribution in [2.45, 2.75) is 103 Å². The maximum atomic E-state index is 2.30. The van der Waals surface area contributed by atoms with Crippen molar-refractivity contribution < 1.29 is 0 Å². The van der Waals surface area contributed by atoms with Crippen LogP contribution in [0.1, 0.15) is 96.8 Å². The Morgan fingerprint density at radius 3 is 1.32 bits per heavy atom. The van der Waals surface area contributed by atoms with Crippen molar-refractivity contribution in [1.29, 1.82) is 0 Å². The average molecular weight is 317 g/mol. The van der Waals surface area contributed by atoms with Gasteiger partial charge in [-0.1, -0.05) is 103 Å². The molecular weight excluding hydrogens is 276 g/mol. The van der Waals surface area contributed by atoms with Crippen LogP contribution >= 0.6 is 0 Å². The molecule has 0 nitrogen and oxygen atoms in total. The predicted molar refractivity (Wildman–Crippen MR) is 102 cm³/mol. The Morgan fingerprint density at radius 2 is 0.947 bits per heavy atom. The monoisotopic (exact) mass is 316 g/mol. The summed E-state index contributed by atoms with van der Waals surface area (Å²) in [7, 11) is 2.80. The molecule has 0 aromatic carbocycles. The van der Waals surface area contributed by atoms with E-state index in [1.165, 1.54) is 77.0 Å². The number of rotatable bonds is 16. The van der Waals surface area contributed by atoms with Crippen molar-refractivity contribution >= 4 is 27.4 Å². The highest BCUT2D eigenvalue weighted by atomic mass is 29.5. The highest BCUT2D eigenvalue weighted by Crippen LogP contribution is 2.13. The third-order valence-electron chi connectivity index (χ3n) is 4.21. The first kappa shape index (κ1) is 19.7.